The molecule has 0 aliphatic carbocycles. The number of amides is 1. The molecule has 0 radical (unpaired) electrons. The van der Waals surface area contributed by atoms with Crippen LogP contribution in [0, 0.1) is 20.8 Å². The number of pyridine rings is 1. The Bertz CT molecular complexity index is 1020. The van der Waals surface area contributed by atoms with E-state index in [1.807, 2.05) is 6.92 Å². The first-order valence-electron chi connectivity index (χ1n) is 8.18. The summed E-state index contributed by atoms with van der Waals surface area (Å²) in [6.45, 7) is 5.12. The lowest BCUT2D eigenvalue weighted by Gasteiger charge is -2.14. The normalized spacial score (nSPS) is 12.3. The van der Waals surface area contributed by atoms with Crippen LogP contribution in [-0.4, -0.2) is 46.9 Å². The largest absolute Gasteiger partial charge is 0.480 e. The van der Waals surface area contributed by atoms with Gasteiger partial charge in [0.25, 0.3) is 11.6 Å². The summed E-state index contributed by atoms with van der Waals surface area (Å²) in [6, 6.07) is 2.19. The Morgan fingerprint density at radius 3 is 2.63 bits per heavy atom. The smallest absolute Gasteiger partial charge is 0.328 e. The first-order valence-corrected chi connectivity index (χ1v) is 8.18. The molecule has 0 aliphatic rings. The molecule has 142 valence electrons. The summed E-state index contributed by atoms with van der Waals surface area (Å²) in [5, 5.41) is 16.0. The predicted molar refractivity (Wildman–Crippen MR) is 94.5 cm³/mol. The number of nitrogens with one attached hydrogen (secondary N) is 1. The molecule has 0 saturated heterocycles. The zero-order chi connectivity index (χ0) is 19.7. The van der Waals surface area contributed by atoms with Crippen LogP contribution in [0.1, 0.15) is 27.6 Å². The van der Waals surface area contributed by atoms with Crippen molar-refractivity contribution in [2.24, 2.45) is 0 Å². The molecule has 9 heteroatoms. The molecule has 0 fully saturated rings. The molecule has 0 saturated carbocycles. The monoisotopic (exact) mass is 373 g/mol. The summed E-state index contributed by atoms with van der Waals surface area (Å²) in [5.74, 6) is -0.434. The topological polar surface area (TPSA) is 128 Å². The minimum absolute atomic E-state index is 0.162. The lowest BCUT2D eigenvalue weighted by atomic mass is 10.0. The van der Waals surface area contributed by atoms with Crippen molar-refractivity contribution in [2.75, 3.05) is 13.7 Å². The number of rotatable bonds is 6. The fraction of sp³-hybridized carbons (Fsp3) is 0.333. The van der Waals surface area contributed by atoms with E-state index in [9.17, 15) is 14.7 Å². The van der Waals surface area contributed by atoms with E-state index in [2.05, 4.69) is 15.5 Å². The van der Waals surface area contributed by atoms with Crippen LogP contribution in [0.15, 0.2) is 21.1 Å². The minimum atomic E-state index is -1.20. The number of carboxylic acid groups (broad SMARTS) is 1. The predicted octanol–water partition coefficient (Wildman–Crippen LogP) is 2.24. The molecule has 1 atom stereocenters. The van der Waals surface area contributed by atoms with Crippen molar-refractivity contribution in [3.8, 4) is 11.3 Å². The number of furan rings is 1. The zero-order valence-electron chi connectivity index (χ0n) is 15.3. The van der Waals surface area contributed by atoms with E-state index in [0.717, 1.165) is 0 Å². The summed E-state index contributed by atoms with van der Waals surface area (Å²) in [4.78, 5) is 28.6. The summed E-state index contributed by atoms with van der Waals surface area (Å²) >= 11 is 0. The average Bonchev–Trinajstić information content (AvgIpc) is 3.15. The fourth-order valence-corrected chi connectivity index (χ4v) is 2.87. The Morgan fingerprint density at radius 1 is 1.30 bits per heavy atom. The molecule has 1 unspecified atom stereocenters. The Hall–Kier alpha value is -3.20. The molecule has 0 bridgehead atoms. The van der Waals surface area contributed by atoms with Crippen LogP contribution in [0.25, 0.3) is 22.4 Å². The lowest BCUT2D eigenvalue weighted by molar-refractivity contribution is -0.140. The summed E-state index contributed by atoms with van der Waals surface area (Å²) in [6.07, 6.45) is 0. The molecule has 27 heavy (non-hydrogen) atoms. The third-order valence-electron chi connectivity index (χ3n) is 4.12. The zero-order valence-corrected chi connectivity index (χ0v) is 15.3. The summed E-state index contributed by atoms with van der Waals surface area (Å²) in [7, 11) is 1.36. The standard InChI is InChI=1S/C18H19N3O6/c1-8-5-11(10(3)26-8)13-6-12(15-9(2)21-27-17(15)20-13)16(22)19-14(7-25-4)18(23)24/h5-6,14H,7H2,1-4H3,(H,19,22)(H,23,24). The second-order valence-electron chi connectivity index (χ2n) is 6.15. The third kappa shape index (κ3) is 3.54. The van der Waals surface area contributed by atoms with Crippen LogP contribution in [0.4, 0.5) is 0 Å². The van der Waals surface area contributed by atoms with E-state index in [0.29, 0.717) is 33.9 Å². The highest BCUT2D eigenvalue weighted by Crippen LogP contribution is 2.30. The van der Waals surface area contributed by atoms with Gasteiger partial charge in [0.15, 0.2) is 6.04 Å². The fourth-order valence-electron chi connectivity index (χ4n) is 2.87. The first kappa shape index (κ1) is 18.6. The van der Waals surface area contributed by atoms with Crippen LogP contribution in [0.5, 0.6) is 0 Å². The van der Waals surface area contributed by atoms with Gasteiger partial charge in [0.05, 0.1) is 28.9 Å². The molecule has 9 nitrogen and oxygen atoms in total. The van der Waals surface area contributed by atoms with Crippen molar-refractivity contribution in [3.63, 3.8) is 0 Å². The van der Waals surface area contributed by atoms with E-state index >= 15 is 0 Å². The maximum atomic E-state index is 12.8. The van der Waals surface area contributed by atoms with E-state index in [-0.39, 0.29) is 17.9 Å². The quantitative estimate of drug-likeness (QED) is 0.673. The molecule has 0 aliphatic heterocycles. The Labute approximate surface area is 154 Å². The maximum Gasteiger partial charge on any atom is 0.328 e. The second kappa shape index (κ2) is 7.20. The van der Waals surface area contributed by atoms with Gasteiger partial charge in [0.2, 0.25) is 0 Å². The number of aliphatic carboxylic acids is 1. The average molecular weight is 373 g/mol. The van der Waals surface area contributed by atoms with Gasteiger partial charge < -0.3 is 24.1 Å². The number of carbonyl (C=O) groups is 2. The molecule has 3 rings (SSSR count). The number of methoxy groups -OCH3 is 1. The summed E-state index contributed by atoms with van der Waals surface area (Å²) in [5.41, 5.74) is 2.07. The molecule has 3 heterocycles. The van der Waals surface area contributed by atoms with Crippen molar-refractivity contribution in [1.82, 2.24) is 15.5 Å². The molecular formula is C18H19N3O6. The number of nitrogens with zero attached hydrogens (tertiary/aromatic N) is 2. The van der Waals surface area contributed by atoms with Crippen molar-refractivity contribution >= 4 is 23.0 Å². The molecule has 2 N–H and O–H groups in total. The van der Waals surface area contributed by atoms with Gasteiger partial charge in [0.1, 0.15) is 11.5 Å². The third-order valence-corrected chi connectivity index (χ3v) is 4.12. The van der Waals surface area contributed by atoms with Gasteiger partial charge in [-0.15, -0.1) is 0 Å². The Kier molecular flexibility index (Phi) is 4.95. The van der Waals surface area contributed by atoms with Crippen molar-refractivity contribution in [2.45, 2.75) is 26.8 Å². The number of fused-ring (bicyclic) bond motifs is 1. The van der Waals surface area contributed by atoms with Gasteiger partial charge in [-0.25, -0.2) is 9.78 Å². The van der Waals surface area contributed by atoms with E-state index in [1.165, 1.54) is 7.11 Å². The molecule has 3 aromatic rings. The van der Waals surface area contributed by atoms with E-state index < -0.39 is 17.9 Å². The number of aromatic nitrogens is 2. The van der Waals surface area contributed by atoms with Crippen LogP contribution in [0.3, 0.4) is 0 Å². The molecule has 0 spiro atoms. The van der Waals surface area contributed by atoms with Crippen molar-refractivity contribution < 1.29 is 28.4 Å². The van der Waals surface area contributed by atoms with Crippen LogP contribution < -0.4 is 5.32 Å². The highest BCUT2D eigenvalue weighted by Gasteiger charge is 2.25. The molecule has 0 aromatic carbocycles. The van der Waals surface area contributed by atoms with Crippen LogP contribution in [-0.2, 0) is 9.53 Å². The van der Waals surface area contributed by atoms with E-state index in [1.54, 1.807) is 26.0 Å². The van der Waals surface area contributed by atoms with Gasteiger partial charge >= 0.3 is 5.97 Å². The minimum Gasteiger partial charge on any atom is -0.480 e. The number of hydrogen-bond donors (Lipinski definition) is 2. The number of ether oxygens (including phenoxy) is 1. The van der Waals surface area contributed by atoms with Crippen molar-refractivity contribution in [3.05, 3.63) is 34.9 Å². The van der Waals surface area contributed by atoms with Crippen LogP contribution in [0.2, 0.25) is 0 Å². The Morgan fingerprint density at radius 2 is 2.04 bits per heavy atom. The summed E-state index contributed by atoms with van der Waals surface area (Å²) < 4.78 is 15.6. The van der Waals surface area contributed by atoms with Crippen molar-refractivity contribution in [1.29, 1.82) is 0 Å². The number of carboxylic acids is 1. The van der Waals surface area contributed by atoms with Gasteiger partial charge in [-0.1, -0.05) is 5.16 Å². The first-order chi connectivity index (χ1) is 12.8. The van der Waals surface area contributed by atoms with Gasteiger partial charge in [0, 0.05) is 12.7 Å². The molecule has 3 aromatic heterocycles. The lowest BCUT2D eigenvalue weighted by Crippen LogP contribution is -2.43. The number of hydrogen-bond acceptors (Lipinski definition) is 7. The highest BCUT2D eigenvalue weighted by atomic mass is 16.5. The van der Waals surface area contributed by atoms with Gasteiger partial charge in [-0.3, -0.25) is 4.79 Å². The second-order valence-corrected chi connectivity index (χ2v) is 6.15. The molecular weight excluding hydrogens is 354 g/mol. The Balaban J connectivity index is 2.10. The molecule has 1 amide bonds. The van der Waals surface area contributed by atoms with Gasteiger partial charge in [-0.2, -0.15) is 0 Å². The number of carbonyl (C=O) groups excluding carboxylic acids is 1. The highest BCUT2D eigenvalue weighted by molar-refractivity contribution is 6.08. The maximum absolute atomic E-state index is 12.8. The van der Waals surface area contributed by atoms with Gasteiger partial charge in [-0.05, 0) is 32.9 Å². The SMILES string of the molecule is COCC(NC(=O)c1cc(-c2cc(C)oc2C)nc2onc(C)c12)C(=O)O. The number of aryl methyl sites for hydroxylation is 3. The van der Waals surface area contributed by atoms with E-state index in [4.69, 9.17) is 13.7 Å². The van der Waals surface area contributed by atoms with Crippen LogP contribution >= 0.6 is 0 Å².